The van der Waals surface area contributed by atoms with Crippen LogP contribution >= 0.6 is 0 Å². The number of nitrogens with two attached hydrogens (primary N) is 1. The summed E-state index contributed by atoms with van der Waals surface area (Å²) in [7, 11) is 0. The van der Waals surface area contributed by atoms with Crippen LogP contribution in [0.1, 0.15) is 20.8 Å². The maximum absolute atomic E-state index is 10.6. The zero-order chi connectivity index (χ0) is 10.0. The summed E-state index contributed by atoms with van der Waals surface area (Å²) in [6, 6.07) is 0. The Morgan fingerprint density at radius 1 is 1.77 bits per heavy atom. The minimum absolute atomic E-state index is 0.181. The molecule has 0 saturated heterocycles. The lowest BCUT2D eigenvalue weighted by Crippen LogP contribution is -2.24. The summed E-state index contributed by atoms with van der Waals surface area (Å²) in [5, 5.41) is 4.22. The third kappa shape index (κ3) is 2.37. The fraction of sp³-hybridized carbons (Fsp3) is 0.667. The molecule has 4 nitrogen and oxygen atoms in total. The second kappa shape index (κ2) is 3.68. The van der Waals surface area contributed by atoms with Crippen LogP contribution in [-0.2, 0) is 4.79 Å². The van der Waals surface area contributed by atoms with Crippen LogP contribution in [0.15, 0.2) is 5.10 Å². The fourth-order valence-electron chi connectivity index (χ4n) is 1.50. The molecule has 1 atom stereocenters. The monoisotopic (exact) mass is 182 g/mol. The van der Waals surface area contributed by atoms with Gasteiger partial charge in [-0.05, 0) is 17.9 Å². The minimum atomic E-state index is -0.350. The first-order chi connectivity index (χ1) is 6.00. The van der Waals surface area contributed by atoms with Crippen molar-refractivity contribution in [3.63, 3.8) is 0 Å². The van der Waals surface area contributed by atoms with Crippen molar-refractivity contribution in [2.24, 2.45) is 22.7 Å². The van der Waals surface area contributed by atoms with E-state index in [1.165, 1.54) is 0 Å². The van der Waals surface area contributed by atoms with Crippen LogP contribution in [0.4, 0.5) is 0 Å². The average Bonchev–Trinajstić information content (AvgIpc) is 2.29. The van der Waals surface area contributed by atoms with Gasteiger partial charge in [0.2, 0.25) is 0 Å². The van der Waals surface area contributed by atoms with Crippen molar-refractivity contribution in [2.75, 3.05) is 6.54 Å². The second-order valence-corrected chi connectivity index (χ2v) is 3.72. The van der Waals surface area contributed by atoms with Crippen molar-refractivity contribution in [1.82, 2.24) is 0 Å². The van der Waals surface area contributed by atoms with E-state index in [1.54, 1.807) is 4.68 Å². The lowest BCUT2D eigenvalue weighted by atomic mass is 9.94. The molecular formula is C9H16N3O+. The number of hydrogen-bond acceptors (Lipinski definition) is 2. The lowest BCUT2D eigenvalue weighted by molar-refractivity contribution is -0.514. The van der Waals surface area contributed by atoms with E-state index in [0.717, 1.165) is 5.71 Å². The molecule has 2 N–H and O–H groups in total. The number of hydrogen-bond donors (Lipinski definition) is 1. The summed E-state index contributed by atoms with van der Waals surface area (Å²) in [6.45, 7) is 6.42. The molecule has 0 aromatic heterocycles. The molecule has 0 fully saturated rings. The first kappa shape index (κ1) is 9.89. The molecule has 13 heavy (non-hydrogen) atoms. The molecule has 0 saturated carbocycles. The second-order valence-electron chi connectivity index (χ2n) is 3.72. The summed E-state index contributed by atoms with van der Waals surface area (Å²) in [4.78, 5) is 10.6. The summed E-state index contributed by atoms with van der Waals surface area (Å²) < 4.78 is 1.63. The quantitative estimate of drug-likeness (QED) is 0.623. The molecule has 4 heteroatoms. The van der Waals surface area contributed by atoms with Crippen LogP contribution in [0.25, 0.3) is 0 Å². The first-order valence-electron chi connectivity index (χ1n) is 4.45. The smallest absolute Gasteiger partial charge is 0.285 e. The molecule has 0 aromatic carbocycles. The zero-order valence-electron chi connectivity index (χ0n) is 8.32. The summed E-state index contributed by atoms with van der Waals surface area (Å²) in [6.07, 6.45) is 1.96. The zero-order valence-corrected chi connectivity index (χ0v) is 8.32. The lowest BCUT2D eigenvalue weighted by Gasteiger charge is -2.05. The molecule has 1 aliphatic heterocycles. The molecule has 0 aromatic rings. The standard InChI is InChI=1S/C9H15N3O/c1-6(2)8-4-12(5-9(10)13)11-7(8)3/h4,6,8H,5H2,1-3H3,(H-,10,13)/p+1. The van der Waals surface area contributed by atoms with Crippen molar-refractivity contribution < 1.29 is 9.48 Å². The highest BCUT2D eigenvalue weighted by molar-refractivity contribution is 5.97. The van der Waals surface area contributed by atoms with Crippen LogP contribution in [0.2, 0.25) is 0 Å². The van der Waals surface area contributed by atoms with E-state index in [1.807, 2.05) is 13.1 Å². The maximum Gasteiger partial charge on any atom is 0.285 e. The highest BCUT2D eigenvalue weighted by Gasteiger charge is 2.28. The van der Waals surface area contributed by atoms with E-state index in [0.29, 0.717) is 11.8 Å². The van der Waals surface area contributed by atoms with E-state index in [2.05, 4.69) is 18.9 Å². The van der Waals surface area contributed by atoms with Gasteiger partial charge in [-0.1, -0.05) is 18.5 Å². The molecule has 1 unspecified atom stereocenters. The van der Waals surface area contributed by atoms with Gasteiger partial charge in [-0.15, -0.1) is 0 Å². The van der Waals surface area contributed by atoms with Crippen LogP contribution in [0.5, 0.6) is 0 Å². The van der Waals surface area contributed by atoms with Gasteiger partial charge < -0.3 is 5.73 Å². The van der Waals surface area contributed by atoms with Gasteiger partial charge >= 0.3 is 0 Å². The Morgan fingerprint density at radius 3 is 2.77 bits per heavy atom. The SMILES string of the molecule is CC1=N[N+](CC(N)=O)=CC1C(C)C. The van der Waals surface area contributed by atoms with Crippen LogP contribution in [0, 0.1) is 11.8 Å². The molecule has 0 aliphatic carbocycles. The van der Waals surface area contributed by atoms with Gasteiger partial charge in [0.05, 0.1) is 11.6 Å². The van der Waals surface area contributed by atoms with Crippen molar-refractivity contribution in [1.29, 1.82) is 0 Å². The van der Waals surface area contributed by atoms with E-state index in [4.69, 9.17) is 5.73 Å². The number of amides is 1. The number of carbonyl (C=O) groups excluding carboxylic acids is 1. The summed E-state index contributed by atoms with van der Waals surface area (Å²) in [5.74, 6) is 0.512. The molecule has 0 bridgehead atoms. The summed E-state index contributed by atoms with van der Waals surface area (Å²) >= 11 is 0. The Hall–Kier alpha value is -1.19. The summed E-state index contributed by atoms with van der Waals surface area (Å²) in [5.41, 5.74) is 6.12. The van der Waals surface area contributed by atoms with Gasteiger partial charge in [-0.3, -0.25) is 4.79 Å². The first-order valence-corrected chi connectivity index (χ1v) is 4.45. The van der Waals surface area contributed by atoms with Gasteiger partial charge in [0, 0.05) is 0 Å². The third-order valence-electron chi connectivity index (χ3n) is 2.14. The highest BCUT2D eigenvalue weighted by Crippen LogP contribution is 2.14. The Morgan fingerprint density at radius 2 is 2.38 bits per heavy atom. The Kier molecular flexibility index (Phi) is 2.80. The van der Waals surface area contributed by atoms with Crippen molar-refractivity contribution in [3.8, 4) is 0 Å². The predicted molar refractivity (Wildman–Crippen MR) is 51.8 cm³/mol. The van der Waals surface area contributed by atoms with Crippen molar-refractivity contribution in [3.05, 3.63) is 0 Å². The van der Waals surface area contributed by atoms with E-state index in [9.17, 15) is 4.79 Å². The molecule has 1 rings (SSSR count). The Bertz CT molecular complexity index is 279. The number of carbonyl (C=O) groups is 1. The molecule has 72 valence electrons. The number of nitrogens with zero attached hydrogens (tertiary/aromatic N) is 2. The molecule has 0 radical (unpaired) electrons. The number of primary amides is 1. The van der Waals surface area contributed by atoms with Gasteiger partial charge in [0.25, 0.3) is 12.5 Å². The number of hydrazone groups is 1. The maximum atomic E-state index is 10.6. The Balaban J connectivity index is 2.71. The van der Waals surface area contributed by atoms with Gasteiger partial charge in [0.1, 0.15) is 0 Å². The van der Waals surface area contributed by atoms with Gasteiger partial charge in [-0.2, -0.15) is 0 Å². The van der Waals surface area contributed by atoms with Gasteiger partial charge in [-0.25, -0.2) is 0 Å². The normalized spacial score (nSPS) is 21.7. The molecule has 1 heterocycles. The van der Waals surface area contributed by atoms with E-state index < -0.39 is 0 Å². The largest absolute Gasteiger partial charge is 0.364 e. The predicted octanol–water partition coefficient (Wildman–Crippen LogP) is 0.217. The van der Waals surface area contributed by atoms with E-state index in [-0.39, 0.29) is 12.5 Å². The molecule has 0 spiro atoms. The minimum Gasteiger partial charge on any atom is -0.364 e. The van der Waals surface area contributed by atoms with Crippen LogP contribution < -0.4 is 5.73 Å². The third-order valence-corrected chi connectivity index (χ3v) is 2.14. The van der Waals surface area contributed by atoms with Crippen molar-refractivity contribution >= 4 is 17.8 Å². The van der Waals surface area contributed by atoms with Crippen LogP contribution in [-0.4, -0.2) is 29.1 Å². The molecule has 1 amide bonds. The van der Waals surface area contributed by atoms with Crippen molar-refractivity contribution in [2.45, 2.75) is 20.8 Å². The van der Waals surface area contributed by atoms with Gasteiger partial charge in [0.15, 0.2) is 6.21 Å². The van der Waals surface area contributed by atoms with E-state index >= 15 is 0 Å². The molecular weight excluding hydrogens is 166 g/mol. The molecule has 1 aliphatic rings. The number of rotatable bonds is 3. The van der Waals surface area contributed by atoms with Crippen LogP contribution in [0.3, 0.4) is 0 Å². The Labute approximate surface area is 78.1 Å². The average molecular weight is 182 g/mol. The fourth-order valence-corrected chi connectivity index (χ4v) is 1.50. The highest BCUT2D eigenvalue weighted by atomic mass is 16.1. The topological polar surface area (TPSA) is 58.5 Å².